The number of ether oxygens (including phenoxy) is 9. The lowest BCUT2D eigenvalue weighted by Gasteiger charge is -2.22. The van der Waals surface area contributed by atoms with Gasteiger partial charge in [-0.25, -0.2) is 0 Å². The number of nitrogens with one attached hydrogen (secondary N) is 1. The fraction of sp³-hybridized carbons (Fsp3) is 1.00. The molecule has 0 atom stereocenters. The van der Waals surface area contributed by atoms with Crippen LogP contribution in [-0.2, 0) is 42.6 Å². The van der Waals surface area contributed by atoms with Crippen LogP contribution in [0.3, 0.4) is 0 Å². The highest BCUT2D eigenvalue weighted by Gasteiger charge is 2.12. The third-order valence-electron chi connectivity index (χ3n) is 6.11. The van der Waals surface area contributed by atoms with Gasteiger partial charge in [-0.1, -0.05) is 39.0 Å². The Labute approximate surface area is 238 Å². The van der Waals surface area contributed by atoms with Crippen LogP contribution in [0.15, 0.2) is 0 Å². The second-order valence-electron chi connectivity index (χ2n) is 9.49. The van der Waals surface area contributed by atoms with Crippen molar-refractivity contribution in [1.29, 1.82) is 0 Å². The predicted octanol–water partition coefficient (Wildman–Crippen LogP) is 3.25. The molecule has 0 radical (unpaired) electrons. The number of hydrogen-bond donors (Lipinski definition) is 1. The molecular weight excluding hydrogens is 506 g/mol. The zero-order valence-electron chi connectivity index (χ0n) is 24.8. The van der Waals surface area contributed by atoms with E-state index in [2.05, 4.69) is 12.2 Å². The topological polar surface area (TPSA) is 95.1 Å². The second-order valence-corrected chi connectivity index (χ2v) is 9.49. The molecule has 0 bridgehead atoms. The minimum absolute atomic E-state index is 0.380. The summed E-state index contributed by atoms with van der Waals surface area (Å²) in [5.41, 5.74) is 0. The Morgan fingerprint density at radius 3 is 1.15 bits per heavy atom. The molecule has 1 N–H and O–H groups in total. The maximum absolute atomic E-state index is 5.79. The maximum Gasteiger partial charge on any atom is 0.0704 e. The molecule has 1 aliphatic heterocycles. The summed E-state index contributed by atoms with van der Waals surface area (Å²) in [4.78, 5) is 0. The van der Waals surface area contributed by atoms with E-state index in [9.17, 15) is 0 Å². The molecule has 0 spiro atoms. The Kier molecular flexibility index (Phi) is 30.2. The zero-order chi connectivity index (χ0) is 27.7. The molecule has 0 aromatic carbocycles. The van der Waals surface area contributed by atoms with Crippen LogP contribution >= 0.6 is 0 Å². The van der Waals surface area contributed by atoms with Crippen LogP contribution in [-0.4, -0.2) is 132 Å². The van der Waals surface area contributed by atoms with Gasteiger partial charge in [0.05, 0.1) is 112 Å². The van der Waals surface area contributed by atoms with Gasteiger partial charge in [0, 0.05) is 6.61 Å². The van der Waals surface area contributed by atoms with Gasteiger partial charge >= 0.3 is 0 Å². The first-order valence-electron chi connectivity index (χ1n) is 15.4. The van der Waals surface area contributed by atoms with Crippen molar-refractivity contribution >= 4 is 0 Å². The summed E-state index contributed by atoms with van der Waals surface area (Å²) in [5, 5.41) is 3.33. The summed E-state index contributed by atoms with van der Waals surface area (Å²) < 4.78 is 49.9. The van der Waals surface area contributed by atoms with E-state index >= 15 is 0 Å². The quantitative estimate of drug-likeness (QED) is 0.123. The van der Waals surface area contributed by atoms with Gasteiger partial charge in [-0.15, -0.1) is 0 Å². The molecule has 39 heavy (non-hydrogen) atoms. The van der Waals surface area contributed by atoms with Gasteiger partial charge in [0.25, 0.3) is 0 Å². The van der Waals surface area contributed by atoms with Gasteiger partial charge in [-0.2, -0.15) is 0 Å². The summed E-state index contributed by atoms with van der Waals surface area (Å²) in [5.74, 6) is 0. The van der Waals surface area contributed by atoms with Crippen molar-refractivity contribution in [3.63, 3.8) is 0 Å². The van der Waals surface area contributed by atoms with Gasteiger partial charge in [-0.3, -0.25) is 0 Å². The number of piperidine rings is 1. The van der Waals surface area contributed by atoms with Crippen LogP contribution in [0.4, 0.5) is 0 Å². The second kappa shape index (κ2) is 32.1. The molecule has 10 heteroatoms. The van der Waals surface area contributed by atoms with Crippen molar-refractivity contribution in [2.75, 3.05) is 125 Å². The van der Waals surface area contributed by atoms with Gasteiger partial charge in [0.1, 0.15) is 0 Å². The van der Waals surface area contributed by atoms with E-state index in [1.54, 1.807) is 0 Å². The van der Waals surface area contributed by atoms with Gasteiger partial charge in [0.2, 0.25) is 0 Å². The van der Waals surface area contributed by atoms with Crippen LogP contribution in [0.1, 0.15) is 58.3 Å². The van der Waals surface area contributed by atoms with Crippen LogP contribution in [0, 0.1) is 0 Å². The smallest absolute Gasteiger partial charge is 0.0704 e. The minimum atomic E-state index is 0.380. The van der Waals surface area contributed by atoms with Gasteiger partial charge in [0.15, 0.2) is 0 Å². The van der Waals surface area contributed by atoms with Crippen molar-refractivity contribution in [3.05, 3.63) is 0 Å². The van der Waals surface area contributed by atoms with E-state index in [-0.39, 0.29) is 0 Å². The van der Waals surface area contributed by atoms with Crippen molar-refractivity contribution in [2.24, 2.45) is 0 Å². The molecule has 1 heterocycles. The van der Waals surface area contributed by atoms with Gasteiger partial charge < -0.3 is 47.9 Å². The monoisotopic (exact) mass is 565 g/mol. The molecule has 0 amide bonds. The molecule has 0 aromatic rings. The first-order valence-corrected chi connectivity index (χ1v) is 15.4. The summed E-state index contributed by atoms with van der Waals surface area (Å²) in [7, 11) is 0. The van der Waals surface area contributed by atoms with Crippen LogP contribution in [0.2, 0.25) is 0 Å². The molecular formula is C29H59NO9. The third-order valence-corrected chi connectivity index (χ3v) is 6.11. The van der Waals surface area contributed by atoms with Crippen LogP contribution < -0.4 is 5.32 Å². The fourth-order valence-electron chi connectivity index (χ4n) is 3.86. The Hall–Kier alpha value is -0.400. The molecule has 10 nitrogen and oxygen atoms in total. The van der Waals surface area contributed by atoms with Crippen molar-refractivity contribution in [2.45, 2.75) is 64.4 Å². The van der Waals surface area contributed by atoms with E-state index in [0.717, 1.165) is 39.0 Å². The lowest BCUT2D eigenvalue weighted by atomic mass is 10.1. The van der Waals surface area contributed by atoms with E-state index in [1.165, 1.54) is 32.1 Å². The predicted molar refractivity (Wildman–Crippen MR) is 152 cm³/mol. The normalized spacial score (nSPS) is 14.4. The van der Waals surface area contributed by atoms with Crippen molar-refractivity contribution in [3.8, 4) is 0 Å². The molecule has 0 aromatic heterocycles. The van der Waals surface area contributed by atoms with E-state index in [0.29, 0.717) is 112 Å². The standard InChI is InChI=1S/C29H59NO9/c1-2-3-4-5-6-7-12-31-13-14-32-15-16-33-17-18-34-19-20-35-21-22-36-23-24-37-25-26-38-27-28-39-29-8-10-30-11-9-29/h29-30H,2-28H2,1H3. The Bertz CT molecular complexity index is 456. The Balaban J connectivity index is 1.60. The average Bonchev–Trinajstić information content (AvgIpc) is 2.96. The van der Waals surface area contributed by atoms with Crippen LogP contribution in [0.25, 0.3) is 0 Å². The Morgan fingerprint density at radius 1 is 0.410 bits per heavy atom. The summed E-state index contributed by atoms with van der Waals surface area (Å²) in [6, 6.07) is 0. The molecule has 234 valence electrons. The van der Waals surface area contributed by atoms with E-state index in [4.69, 9.17) is 42.6 Å². The summed E-state index contributed by atoms with van der Waals surface area (Å²) in [6.45, 7) is 14.4. The molecule has 0 unspecified atom stereocenters. The average molecular weight is 566 g/mol. The molecule has 0 aliphatic carbocycles. The van der Waals surface area contributed by atoms with Crippen LogP contribution in [0.5, 0.6) is 0 Å². The van der Waals surface area contributed by atoms with E-state index < -0.39 is 0 Å². The number of unbranched alkanes of at least 4 members (excludes halogenated alkanes) is 5. The van der Waals surface area contributed by atoms with E-state index in [1.807, 2.05) is 0 Å². The largest absolute Gasteiger partial charge is 0.379 e. The van der Waals surface area contributed by atoms with Crippen molar-refractivity contribution < 1.29 is 42.6 Å². The maximum atomic E-state index is 5.79. The highest BCUT2D eigenvalue weighted by atomic mass is 16.6. The molecule has 1 rings (SSSR count). The number of rotatable bonds is 32. The minimum Gasteiger partial charge on any atom is -0.379 e. The zero-order valence-corrected chi connectivity index (χ0v) is 24.8. The third kappa shape index (κ3) is 28.9. The summed E-state index contributed by atoms with van der Waals surface area (Å²) >= 11 is 0. The lowest BCUT2D eigenvalue weighted by molar-refractivity contribution is -0.0318. The fourth-order valence-corrected chi connectivity index (χ4v) is 3.86. The highest BCUT2D eigenvalue weighted by Crippen LogP contribution is 2.06. The molecule has 1 aliphatic rings. The van der Waals surface area contributed by atoms with Gasteiger partial charge in [-0.05, 0) is 32.4 Å². The Morgan fingerprint density at radius 2 is 0.744 bits per heavy atom. The highest BCUT2D eigenvalue weighted by molar-refractivity contribution is 4.67. The molecule has 1 saturated heterocycles. The summed E-state index contributed by atoms with van der Waals surface area (Å²) in [6.07, 6.45) is 10.3. The van der Waals surface area contributed by atoms with Crippen molar-refractivity contribution in [1.82, 2.24) is 5.32 Å². The first-order chi connectivity index (χ1) is 19.4. The SMILES string of the molecule is CCCCCCCCOCCOCCOCCOCCOCCOCCOCCOCCOC1CCNCC1. The number of hydrogen-bond acceptors (Lipinski definition) is 10. The lowest BCUT2D eigenvalue weighted by Crippen LogP contribution is -2.33. The first kappa shape index (κ1) is 36.6. The molecule has 1 fully saturated rings. The molecule has 0 saturated carbocycles.